The SMILES string of the molecule is CN(C)C.Cl.[KH]. The van der Waals surface area contributed by atoms with E-state index in [1.54, 1.807) is 0 Å². The molecule has 3 heteroatoms. The van der Waals surface area contributed by atoms with Gasteiger partial charge in [-0.1, -0.05) is 0 Å². The molecule has 0 aliphatic carbocycles. The van der Waals surface area contributed by atoms with E-state index >= 15 is 0 Å². The van der Waals surface area contributed by atoms with Gasteiger partial charge >= 0.3 is 51.4 Å². The third-order valence-corrected chi connectivity index (χ3v) is 0. The van der Waals surface area contributed by atoms with Gasteiger partial charge in [0.05, 0.1) is 0 Å². The molecule has 0 saturated heterocycles. The molecule has 0 aliphatic rings. The quantitative estimate of drug-likeness (QED) is 0.421. The van der Waals surface area contributed by atoms with Crippen molar-refractivity contribution in [3.8, 4) is 0 Å². The van der Waals surface area contributed by atoms with Gasteiger partial charge in [-0.2, -0.15) is 0 Å². The molecule has 0 amide bonds. The first-order valence-corrected chi connectivity index (χ1v) is 1.34. The number of nitrogens with zero attached hydrogens (tertiary/aromatic N) is 1. The molecular weight excluding hydrogens is 125 g/mol. The van der Waals surface area contributed by atoms with Crippen LogP contribution in [0.1, 0.15) is 0 Å². The van der Waals surface area contributed by atoms with E-state index in [1.165, 1.54) is 0 Å². The molecule has 1 nitrogen and oxygen atoms in total. The van der Waals surface area contributed by atoms with Crippen LogP contribution in [0, 0.1) is 0 Å². The van der Waals surface area contributed by atoms with Crippen LogP contribution >= 0.6 is 12.4 Å². The second kappa shape index (κ2) is 9.99. The molecule has 0 radical (unpaired) electrons. The topological polar surface area (TPSA) is 3.24 Å². The normalized spacial score (nSPS) is 6.00. The van der Waals surface area contributed by atoms with Crippen molar-refractivity contribution in [1.29, 1.82) is 0 Å². The van der Waals surface area contributed by atoms with Crippen molar-refractivity contribution in [2.75, 3.05) is 21.1 Å². The molecule has 6 heavy (non-hydrogen) atoms. The van der Waals surface area contributed by atoms with E-state index in [0.717, 1.165) is 0 Å². The second-order valence-corrected chi connectivity index (χ2v) is 1.34. The van der Waals surface area contributed by atoms with Crippen LogP contribution in [0.5, 0.6) is 0 Å². The van der Waals surface area contributed by atoms with Crippen molar-refractivity contribution < 1.29 is 0 Å². The van der Waals surface area contributed by atoms with Crippen LogP contribution in [0.15, 0.2) is 0 Å². The Bertz CT molecular complexity index is 15.5. The third kappa shape index (κ3) is 39.5. The van der Waals surface area contributed by atoms with Gasteiger partial charge in [0.15, 0.2) is 0 Å². The van der Waals surface area contributed by atoms with Gasteiger partial charge in [-0.05, 0) is 21.1 Å². The molecule has 36 valence electrons. The standard InChI is InChI=1S/C3H9N.ClH.K.H/c1-4(2)3;;;/h1-3H3;1H;;. The van der Waals surface area contributed by atoms with Crippen LogP contribution in [0.2, 0.25) is 0 Å². The summed E-state index contributed by atoms with van der Waals surface area (Å²) in [5, 5.41) is 0. The van der Waals surface area contributed by atoms with Crippen molar-refractivity contribution >= 4 is 63.8 Å². The maximum atomic E-state index is 2.00. The molecular formula is C3H11ClKN. The first kappa shape index (κ1) is 15.7. The Hall–Kier alpha value is 1.89. The zero-order chi connectivity index (χ0) is 3.58. The van der Waals surface area contributed by atoms with Crippen molar-refractivity contribution in [3.05, 3.63) is 0 Å². The second-order valence-electron chi connectivity index (χ2n) is 1.34. The van der Waals surface area contributed by atoms with Crippen molar-refractivity contribution in [1.82, 2.24) is 4.90 Å². The van der Waals surface area contributed by atoms with Gasteiger partial charge in [-0.15, -0.1) is 12.4 Å². The van der Waals surface area contributed by atoms with E-state index in [9.17, 15) is 0 Å². The minimum atomic E-state index is 0. The molecule has 0 aromatic rings. The fourth-order valence-corrected chi connectivity index (χ4v) is 0. The van der Waals surface area contributed by atoms with Crippen LogP contribution in [0.4, 0.5) is 0 Å². The average molecular weight is 136 g/mol. The Morgan fingerprint density at radius 1 is 1.00 bits per heavy atom. The zero-order valence-electron chi connectivity index (χ0n) is 3.86. The Morgan fingerprint density at radius 2 is 1.00 bits per heavy atom. The summed E-state index contributed by atoms with van der Waals surface area (Å²) < 4.78 is 0. The fourth-order valence-electron chi connectivity index (χ4n) is 0. The summed E-state index contributed by atoms with van der Waals surface area (Å²) in [6.07, 6.45) is 0. The molecule has 0 rings (SSSR count). The number of hydrogen-bond donors (Lipinski definition) is 0. The summed E-state index contributed by atoms with van der Waals surface area (Å²) in [6, 6.07) is 0. The van der Waals surface area contributed by atoms with E-state index in [1.807, 2.05) is 26.0 Å². The average Bonchev–Trinajstić information content (AvgIpc) is 0.811. The summed E-state index contributed by atoms with van der Waals surface area (Å²) in [5.74, 6) is 0. The predicted molar refractivity (Wildman–Crippen MR) is 34.0 cm³/mol. The monoisotopic (exact) mass is 135 g/mol. The Balaban J connectivity index is -0.0000000450. The molecule has 0 unspecified atom stereocenters. The molecule has 0 N–H and O–H groups in total. The molecule has 0 spiro atoms. The molecule has 0 bridgehead atoms. The fraction of sp³-hybridized carbons (Fsp3) is 1.00. The van der Waals surface area contributed by atoms with E-state index in [-0.39, 0.29) is 63.8 Å². The van der Waals surface area contributed by atoms with Gasteiger partial charge in [-0.3, -0.25) is 0 Å². The van der Waals surface area contributed by atoms with E-state index in [4.69, 9.17) is 0 Å². The first-order chi connectivity index (χ1) is 1.73. The van der Waals surface area contributed by atoms with Gasteiger partial charge in [0.2, 0.25) is 0 Å². The van der Waals surface area contributed by atoms with Gasteiger partial charge in [-0.25, -0.2) is 0 Å². The molecule has 0 aromatic carbocycles. The van der Waals surface area contributed by atoms with Crippen LogP contribution in [-0.2, 0) is 0 Å². The molecule has 0 aliphatic heterocycles. The van der Waals surface area contributed by atoms with Crippen LogP contribution < -0.4 is 0 Å². The van der Waals surface area contributed by atoms with Crippen LogP contribution in [0.25, 0.3) is 0 Å². The van der Waals surface area contributed by atoms with Crippen molar-refractivity contribution in [2.24, 2.45) is 0 Å². The van der Waals surface area contributed by atoms with Crippen molar-refractivity contribution in [2.45, 2.75) is 0 Å². The summed E-state index contributed by atoms with van der Waals surface area (Å²) in [4.78, 5) is 2.00. The van der Waals surface area contributed by atoms with Gasteiger partial charge < -0.3 is 4.90 Å². The Morgan fingerprint density at radius 3 is 1.00 bits per heavy atom. The minimum absolute atomic E-state index is 0. The number of halogens is 1. The summed E-state index contributed by atoms with van der Waals surface area (Å²) in [6.45, 7) is 0. The number of rotatable bonds is 0. The van der Waals surface area contributed by atoms with E-state index in [0.29, 0.717) is 0 Å². The van der Waals surface area contributed by atoms with Gasteiger partial charge in [0.25, 0.3) is 0 Å². The maximum absolute atomic E-state index is 2.00. The summed E-state index contributed by atoms with van der Waals surface area (Å²) in [5.41, 5.74) is 0. The van der Waals surface area contributed by atoms with E-state index < -0.39 is 0 Å². The predicted octanol–water partition coefficient (Wildman–Crippen LogP) is -0.0489. The van der Waals surface area contributed by atoms with Crippen LogP contribution in [0.3, 0.4) is 0 Å². The summed E-state index contributed by atoms with van der Waals surface area (Å²) >= 11 is 0. The van der Waals surface area contributed by atoms with Crippen molar-refractivity contribution in [3.63, 3.8) is 0 Å². The van der Waals surface area contributed by atoms with Crippen LogP contribution in [-0.4, -0.2) is 77.4 Å². The summed E-state index contributed by atoms with van der Waals surface area (Å²) in [7, 11) is 6.00. The molecule has 0 atom stereocenters. The molecule has 0 saturated carbocycles. The molecule has 0 fully saturated rings. The molecule has 0 aromatic heterocycles. The zero-order valence-corrected chi connectivity index (χ0v) is 4.67. The van der Waals surface area contributed by atoms with E-state index in [2.05, 4.69) is 0 Å². The number of hydrogen-bond acceptors (Lipinski definition) is 1. The van der Waals surface area contributed by atoms with Gasteiger partial charge in [0, 0.05) is 0 Å². The first-order valence-electron chi connectivity index (χ1n) is 1.34. The van der Waals surface area contributed by atoms with Gasteiger partial charge in [0.1, 0.15) is 0 Å². The Kier molecular flexibility index (Phi) is 26.1. The molecule has 0 heterocycles. The third-order valence-electron chi connectivity index (χ3n) is 0. The Labute approximate surface area is 88.3 Å².